The van der Waals surface area contributed by atoms with Crippen molar-refractivity contribution in [2.45, 2.75) is 38.6 Å². The van der Waals surface area contributed by atoms with E-state index in [1.165, 1.54) is 0 Å². The highest BCUT2D eigenvalue weighted by Gasteiger charge is 2.35. The van der Waals surface area contributed by atoms with E-state index in [-0.39, 0.29) is 23.6 Å². The minimum absolute atomic E-state index is 0.134. The molecule has 0 bridgehead atoms. The lowest BCUT2D eigenvalue weighted by Gasteiger charge is -2.21. The number of nitrogens with one attached hydrogen (secondary N) is 2. The average Bonchev–Trinajstić information content (AvgIpc) is 3.05. The SMILES string of the molecule is CNC(=O)C1CCCN1C(=O)c1n[nH]c(C(C)C)n1. The van der Waals surface area contributed by atoms with Gasteiger partial charge in [0.2, 0.25) is 11.7 Å². The number of aromatic nitrogens is 3. The summed E-state index contributed by atoms with van der Waals surface area (Å²) in [5.74, 6) is 0.584. The summed E-state index contributed by atoms with van der Waals surface area (Å²) in [4.78, 5) is 29.8. The van der Waals surface area contributed by atoms with Crippen molar-refractivity contribution in [2.24, 2.45) is 0 Å². The quantitative estimate of drug-likeness (QED) is 0.821. The van der Waals surface area contributed by atoms with Crippen LogP contribution in [0.15, 0.2) is 0 Å². The van der Waals surface area contributed by atoms with Gasteiger partial charge in [-0.05, 0) is 12.8 Å². The molecular formula is C12H19N5O2. The molecule has 7 heteroatoms. The first-order valence-electron chi connectivity index (χ1n) is 6.49. The summed E-state index contributed by atoms with van der Waals surface area (Å²) in [5.41, 5.74) is 0. The zero-order valence-corrected chi connectivity index (χ0v) is 11.4. The van der Waals surface area contributed by atoms with Crippen molar-refractivity contribution in [2.75, 3.05) is 13.6 Å². The van der Waals surface area contributed by atoms with Crippen LogP contribution in [0.3, 0.4) is 0 Å². The molecular weight excluding hydrogens is 246 g/mol. The van der Waals surface area contributed by atoms with Crippen LogP contribution in [0.5, 0.6) is 0 Å². The summed E-state index contributed by atoms with van der Waals surface area (Å²) >= 11 is 0. The number of carbonyl (C=O) groups excluding carboxylic acids is 2. The van der Waals surface area contributed by atoms with Gasteiger partial charge in [0.25, 0.3) is 5.91 Å². The fourth-order valence-corrected chi connectivity index (χ4v) is 2.21. The van der Waals surface area contributed by atoms with Gasteiger partial charge in [0.15, 0.2) is 0 Å². The standard InChI is InChI=1S/C12H19N5O2/c1-7(2)9-14-10(16-15-9)12(19)17-6-4-5-8(17)11(18)13-3/h7-8H,4-6H2,1-3H3,(H,13,18)(H,14,15,16). The summed E-state index contributed by atoms with van der Waals surface area (Å²) in [6.45, 7) is 4.51. The normalized spacial score (nSPS) is 18.9. The maximum Gasteiger partial charge on any atom is 0.294 e. The Bertz CT molecular complexity index is 482. The fourth-order valence-electron chi connectivity index (χ4n) is 2.21. The van der Waals surface area contributed by atoms with E-state index in [0.29, 0.717) is 18.8 Å². The lowest BCUT2D eigenvalue weighted by atomic mass is 10.2. The van der Waals surface area contributed by atoms with Crippen LogP contribution in [0.2, 0.25) is 0 Å². The van der Waals surface area contributed by atoms with E-state index in [4.69, 9.17) is 0 Å². The zero-order chi connectivity index (χ0) is 14.0. The van der Waals surface area contributed by atoms with Crippen molar-refractivity contribution in [3.63, 3.8) is 0 Å². The van der Waals surface area contributed by atoms with E-state index in [9.17, 15) is 9.59 Å². The predicted octanol–water partition coefficient (Wildman–Crippen LogP) is 0.279. The van der Waals surface area contributed by atoms with Crippen LogP contribution >= 0.6 is 0 Å². The van der Waals surface area contributed by atoms with Gasteiger partial charge in [0, 0.05) is 19.5 Å². The molecule has 0 radical (unpaired) electrons. The predicted molar refractivity (Wildman–Crippen MR) is 68.6 cm³/mol. The molecule has 2 rings (SSSR count). The Morgan fingerprint density at radius 1 is 1.47 bits per heavy atom. The second-order valence-corrected chi connectivity index (χ2v) is 4.97. The zero-order valence-electron chi connectivity index (χ0n) is 11.4. The lowest BCUT2D eigenvalue weighted by molar-refractivity contribution is -0.124. The Labute approximate surface area is 111 Å². The molecule has 2 N–H and O–H groups in total. The number of aromatic amines is 1. The third-order valence-electron chi connectivity index (χ3n) is 3.30. The van der Waals surface area contributed by atoms with E-state index in [1.807, 2.05) is 13.8 Å². The van der Waals surface area contributed by atoms with Crippen LogP contribution in [0.1, 0.15) is 49.1 Å². The topological polar surface area (TPSA) is 91.0 Å². The van der Waals surface area contributed by atoms with E-state index >= 15 is 0 Å². The molecule has 1 fully saturated rings. The van der Waals surface area contributed by atoms with Crippen LogP contribution in [-0.4, -0.2) is 51.5 Å². The van der Waals surface area contributed by atoms with Gasteiger partial charge in [-0.3, -0.25) is 14.7 Å². The Kier molecular flexibility index (Phi) is 3.82. The number of likely N-dealkylation sites (tertiary alicyclic amines) is 1. The van der Waals surface area contributed by atoms with Crippen LogP contribution in [-0.2, 0) is 4.79 Å². The summed E-state index contributed by atoms with van der Waals surface area (Å²) in [5, 5.41) is 9.29. The maximum absolute atomic E-state index is 12.3. The molecule has 1 saturated heterocycles. The Morgan fingerprint density at radius 3 is 2.79 bits per heavy atom. The van der Waals surface area contributed by atoms with Gasteiger partial charge in [0.05, 0.1) is 0 Å². The molecule has 1 aliphatic rings. The van der Waals surface area contributed by atoms with Gasteiger partial charge in [-0.2, -0.15) is 0 Å². The molecule has 1 aromatic heterocycles. The van der Waals surface area contributed by atoms with E-state index in [0.717, 1.165) is 6.42 Å². The smallest absolute Gasteiger partial charge is 0.294 e. The first-order valence-corrected chi connectivity index (χ1v) is 6.49. The van der Waals surface area contributed by atoms with Crippen LogP contribution in [0, 0.1) is 0 Å². The molecule has 104 valence electrons. The molecule has 0 spiro atoms. The second kappa shape index (κ2) is 5.38. The summed E-state index contributed by atoms with van der Waals surface area (Å²) in [6, 6.07) is -0.404. The molecule has 0 aliphatic carbocycles. The van der Waals surface area contributed by atoms with Crippen LogP contribution in [0.25, 0.3) is 0 Å². The van der Waals surface area contributed by atoms with Crippen molar-refractivity contribution in [3.05, 3.63) is 11.6 Å². The fraction of sp³-hybridized carbons (Fsp3) is 0.667. The lowest BCUT2D eigenvalue weighted by Crippen LogP contribution is -2.45. The summed E-state index contributed by atoms with van der Waals surface area (Å²) in [7, 11) is 1.58. The molecule has 2 amide bonds. The third-order valence-corrected chi connectivity index (χ3v) is 3.30. The largest absolute Gasteiger partial charge is 0.357 e. The van der Waals surface area contributed by atoms with Gasteiger partial charge in [0.1, 0.15) is 11.9 Å². The van der Waals surface area contributed by atoms with Gasteiger partial charge in [-0.1, -0.05) is 13.8 Å². The minimum atomic E-state index is -0.404. The summed E-state index contributed by atoms with van der Waals surface area (Å²) in [6.07, 6.45) is 1.51. The molecule has 1 unspecified atom stereocenters. The van der Waals surface area contributed by atoms with Crippen molar-refractivity contribution in [1.29, 1.82) is 0 Å². The van der Waals surface area contributed by atoms with Crippen molar-refractivity contribution in [1.82, 2.24) is 25.4 Å². The van der Waals surface area contributed by atoms with Crippen molar-refractivity contribution < 1.29 is 9.59 Å². The van der Waals surface area contributed by atoms with E-state index in [1.54, 1.807) is 11.9 Å². The Hall–Kier alpha value is -1.92. The van der Waals surface area contributed by atoms with Crippen molar-refractivity contribution in [3.8, 4) is 0 Å². The highest BCUT2D eigenvalue weighted by Crippen LogP contribution is 2.19. The molecule has 19 heavy (non-hydrogen) atoms. The molecule has 1 atom stereocenters. The van der Waals surface area contributed by atoms with Gasteiger partial charge < -0.3 is 10.2 Å². The molecule has 7 nitrogen and oxygen atoms in total. The van der Waals surface area contributed by atoms with Crippen LogP contribution < -0.4 is 5.32 Å². The highest BCUT2D eigenvalue weighted by molar-refractivity contribution is 5.95. The Morgan fingerprint density at radius 2 is 2.21 bits per heavy atom. The number of likely N-dealkylation sites (N-methyl/N-ethyl adjacent to an activating group) is 1. The van der Waals surface area contributed by atoms with E-state index in [2.05, 4.69) is 20.5 Å². The number of carbonyl (C=O) groups is 2. The maximum atomic E-state index is 12.3. The second-order valence-electron chi connectivity index (χ2n) is 4.97. The number of hydrogen-bond acceptors (Lipinski definition) is 4. The van der Waals surface area contributed by atoms with Gasteiger partial charge >= 0.3 is 0 Å². The molecule has 0 aromatic carbocycles. The first-order chi connectivity index (χ1) is 9.04. The summed E-state index contributed by atoms with van der Waals surface area (Å²) < 4.78 is 0. The Balaban J connectivity index is 2.16. The molecule has 2 heterocycles. The third kappa shape index (κ3) is 2.59. The van der Waals surface area contributed by atoms with E-state index < -0.39 is 6.04 Å². The molecule has 1 aliphatic heterocycles. The number of hydrogen-bond donors (Lipinski definition) is 2. The molecule has 0 saturated carbocycles. The number of rotatable bonds is 3. The number of amides is 2. The number of nitrogens with zero attached hydrogens (tertiary/aromatic N) is 3. The van der Waals surface area contributed by atoms with Crippen LogP contribution in [0.4, 0.5) is 0 Å². The monoisotopic (exact) mass is 265 g/mol. The molecule has 1 aromatic rings. The first kappa shape index (κ1) is 13.5. The highest BCUT2D eigenvalue weighted by atomic mass is 16.2. The minimum Gasteiger partial charge on any atom is -0.357 e. The van der Waals surface area contributed by atoms with Gasteiger partial charge in [-0.25, -0.2) is 4.98 Å². The average molecular weight is 265 g/mol. The number of H-pyrrole nitrogens is 1. The van der Waals surface area contributed by atoms with Gasteiger partial charge in [-0.15, -0.1) is 5.10 Å². The van der Waals surface area contributed by atoms with Crippen molar-refractivity contribution >= 4 is 11.8 Å².